The van der Waals surface area contributed by atoms with Crippen LogP contribution < -0.4 is 5.73 Å². The fraction of sp³-hybridized carbons (Fsp3) is 0.667. The molecule has 14 heavy (non-hydrogen) atoms. The Labute approximate surface area is 84.1 Å². The van der Waals surface area contributed by atoms with Gasteiger partial charge in [-0.25, -0.2) is 0 Å². The van der Waals surface area contributed by atoms with Gasteiger partial charge in [0.2, 0.25) is 5.78 Å². The van der Waals surface area contributed by atoms with Crippen molar-refractivity contribution in [2.75, 3.05) is 20.7 Å². The van der Waals surface area contributed by atoms with Gasteiger partial charge in [-0.05, 0) is 13.8 Å². The molecule has 0 aromatic rings. The van der Waals surface area contributed by atoms with Crippen molar-refractivity contribution < 1.29 is 9.53 Å². The number of nitrogens with zero attached hydrogens (tertiary/aromatic N) is 2. The first-order valence-electron chi connectivity index (χ1n) is 4.59. The van der Waals surface area contributed by atoms with Gasteiger partial charge in [0.05, 0.1) is 5.70 Å². The van der Waals surface area contributed by atoms with Crippen LogP contribution in [0.1, 0.15) is 13.8 Å². The molecular weight excluding hydrogens is 182 g/mol. The smallest absolute Gasteiger partial charge is 0.225 e. The standard InChI is InChI=1S/C9H17N3O2/c1-5-14-9-8(13)7(10)6(2)11(3)12(9)4/h9H,5,10H2,1-4H3. The minimum atomic E-state index is -0.589. The Morgan fingerprint density at radius 3 is 2.57 bits per heavy atom. The second-order valence-electron chi connectivity index (χ2n) is 3.27. The number of hydrogen-bond donors (Lipinski definition) is 1. The van der Waals surface area contributed by atoms with Crippen LogP contribution in [0.4, 0.5) is 0 Å². The number of allylic oxidation sites excluding steroid dienone is 1. The normalized spacial score (nSPS) is 24.7. The van der Waals surface area contributed by atoms with Crippen LogP contribution in [-0.2, 0) is 9.53 Å². The molecule has 0 aromatic carbocycles. The molecule has 0 aromatic heterocycles. The largest absolute Gasteiger partial charge is 0.394 e. The van der Waals surface area contributed by atoms with Crippen LogP contribution in [0, 0.1) is 0 Å². The number of rotatable bonds is 2. The summed E-state index contributed by atoms with van der Waals surface area (Å²) in [6.07, 6.45) is -0.589. The Morgan fingerprint density at radius 1 is 1.50 bits per heavy atom. The van der Waals surface area contributed by atoms with Gasteiger partial charge in [0.1, 0.15) is 5.70 Å². The van der Waals surface area contributed by atoms with E-state index in [4.69, 9.17) is 10.5 Å². The minimum Gasteiger partial charge on any atom is -0.394 e. The Balaban J connectivity index is 2.98. The summed E-state index contributed by atoms with van der Waals surface area (Å²) >= 11 is 0. The molecule has 1 heterocycles. The second-order valence-corrected chi connectivity index (χ2v) is 3.27. The Bertz CT molecular complexity index is 275. The van der Waals surface area contributed by atoms with E-state index in [0.29, 0.717) is 6.61 Å². The van der Waals surface area contributed by atoms with E-state index in [1.807, 2.05) is 25.9 Å². The molecule has 0 amide bonds. The van der Waals surface area contributed by atoms with Crippen LogP contribution in [0.3, 0.4) is 0 Å². The molecule has 1 unspecified atom stereocenters. The zero-order valence-corrected chi connectivity index (χ0v) is 9.07. The first kappa shape index (κ1) is 11.0. The summed E-state index contributed by atoms with van der Waals surface area (Å²) < 4.78 is 5.32. The molecule has 5 nitrogen and oxygen atoms in total. The van der Waals surface area contributed by atoms with Crippen molar-refractivity contribution in [2.45, 2.75) is 20.1 Å². The zero-order valence-electron chi connectivity index (χ0n) is 9.07. The van der Waals surface area contributed by atoms with Crippen molar-refractivity contribution in [1.82, 2.24) is 10.0 Å². The average molecular weight is 199 g/mol. The third-order valence-electron chi connectivity index (χ3n) is 2.50. The summed E-state index contributed by atoms with van der Waals surface area (Å²) in [7, 11) is 3.65. The minimum absolute atomic E-state index is 0.162. The molecule has 1 aliphatic rings. The monoisotopic (exact) mass is 199 g/mol. The van der Waals surface area contributed by atoms with Gasteiger partial charge in [-0.3, -0.25) is 4.79 Å². The first-order chi connectivity index (χ1) is 6.50. The number of carbonyl (C=O) groups excluding carboxylic acids is 1. The molecule has 80 valence electrons. The number of ether oxygens (including phenoxy) is 1. The topological polar surface area (TPSA) is 58.8 Å². The Kier molecular flexibility index (Phi) is 3.13. The van der Waals surface area contributed by atoms with Crippen LogP contribution in [0.25, 0.3) is 0 Å². The van der Waals surface area contributed by atoms with Gasteiger partial charge in [-0.2, -0.15) is 5.01 Å². The molecule has 0 saturated heterocycles. The third kappa shape index (κ3) is 1.60. The number of carbonyl (C=O) groups is 1. The van der Waals surface area contributed by atoms with E-state index in [-0.39, 0.29) is 11.5 Å². The number of likely N-dealkylation sites (N-methyl/N-ethyl adjacent to an activating group) is 1. The third-order valence-corrected chi connectivity index (χ3v) is 2.50. The lowest BCUT2D eigenvalue weighted by atomic mass is 10.2. The van der Waals surface area contributed by atoms with E-state index in [0.717, 1.165) is 5.70 Å². The molecule has 5 heteroatoms. The highest BCUT2D eigenvalue weighted by Gasteiger charge is 2.34. The number of ketones is 1. The molecule has 0 fully saturated rings. The molecule has 0 saturated carbocycles. The van der Waals surface area contributed by atoms with Crippen LogP contribution in [-0.4, -0.2) is 42.7 Å². The molecular formula is C9H17N3O2. The summed E-state index contributed by atoms with van der Waals surface area (Å²) in [6, 6.07) is 0. The molecule has 2 N–H and O–H groups in total. The van der Waals surface area contributed by atoms with E-state index >= 15 is 0 Å². The summed E-state index contributed by atoms with van der Waals surface area (Å²) in [5.41, 5.74) is 6.72. The van der Waals surface area contributed by atoms with Crippen LogP contribution >= 0.6 is 0 Å². The Morgan fingerprint density at radius 2 is 2.07 bits per heavy atom. The van der Waals surface area contributed by atoms with Crippen molar-refractivity contribution >= 4 is 5.78 Å². The van der Waals surface area contributed by atoms with E-state index in [2.05, 4.69) is 0 Å². The quantitative estimate of drug-likeness (QED) is 0.673. The van der Waals surface area contributed by atoms with Crippen molar-refractivity contribution in [1.29, 1.82) is 0 Å². The number of hydrazine groups is 1. The van der Waals surface area contributed by atoms with Gasteiger partial charge >= 0.3 is 0 Å². The molecule has 1 rings (SSSR count). The lowest BCUT2D eigenvalue weighted by Gasteiger charge is -2.40. The van der Waals surface area contributed by atoms with Gasteiger partial charge in [0, 0.05) is 20.7 Å². The number of Topliss-reactive ketones (excluding diaryl/α,β-unsaturated/α-hetero) is 1. The van der Waals surface area contributed by atoms with Crippen molar-refractivity contribution in [3.63, 3.8) is 0 Å². The molecule has 0 radical (unpaired) electrons. The summed E-state index contributed by atoms with van der Waals surface area (Å²) in [6.45, 7) is 4.15. The van der Waals surface area contributed by atoms with Gasteiger partial charge in [0.25, 0.3) is 0 Å². The summed E-state index contributed by atoms with van der Waals surface area (Å²) in [5.74, 6) is -0.162. The van der Waals surface area contributed by atoms with Crippen LogP contribution in [0.2, 0.25) is 0 Å². The van der Waals surface area contributed by atoms with Crippen molar-refractivity contribution in [3.05, 3.63) is 11.4 Å². The lowest BCUT2D eigenvalue weighted by molar-refractivity contribution is -0.162. The summed E-state index contributed by atoms with van der Waals surface area (Å²) in [5, 5.41) is 3.55. The SMILES string of the molecule is CCOC1C(=O)C(N)=C(C)N(C)N1C. The van der Waals surface area contributed by atoms with Crippen LogP contribution in [0.5, 0.6) is 0 Å². The van der Waals surface area contributed by atoms with E-state index in [1.54, 1.807) is 12.1 Å². The van der Waals surface area contributed by atoms with E-state index in [9.17, 15) is 4.79 Å². The van der Waals surface area contributed by atoms with Crippen LogP contribution in [0.15, 0.2) is 11.4 Å². The lowest BCUT2D eigenvalue weighted by Crippen LogP contribution is -2.54. The number of hydrogen-bond acceptors (Lipinski definition) is 5. The predicted octanol–water partition coefficient (Wildman–Crippen LogP) is -0.0995. The second kappa shape index (κ2) is 3.98. The van der Waals surface area contributed by atoms with Crippen molar-refractivity contribution in [3.8, 4) is 0 Å². The van der Waals surface area contributed by atoms with E-state index in [1.165, 1.54) is 0 Å². The first-order valence-corrected chi connectivity index (χ1v) is 4.59. The maximum absolute atomic E-state index is 11.7. The maximum Gasteiger partial charge on any atom is 0.225 e. The molecule has 1 atom stereocenters. The molecule has 0 spiro atoms. The zero-order chi connectivity index (χ0) is 10.9. The summed E-state index contributed by atoms with van der Waals surface area (Å²) in [4.78, 5) is 11.7. The fourth-order valence-electron chi connectivity index (χ4n) is 1.39. The molecule has 1 aliphatic heterocycles. The van der Waals surface area contributed by atoms with Gasteiger partial charge in [0.15, 0.2) is 6.23 Å². The van der Waals surface area contributed by atoms with Gasteiger partial charge in [-0.15, -0.1) is 0 Å². The maximum atomic E-state index is 11.7. The molecule has 0 aliphatic carbocycles. The highest BCUT2D eigenvalue weighted by molar-refractivity contribution is 5.98. The van der Waals surface area contributed by atoms with Crippen molar-refractivity contribution in [2.24, 2.45) is 5.73 Å². The fourth-order valence-corrected chi connectivity index (χ4v) is 1.39. The van der Waals surface area contributed by atoms with Gasteiger partial charge < -0.3 is 15.5 Å². The highest BCUT2D eigenvalue weighted by Crippen LogP contribution is 2.19. The average Bonchev–Trinajstić information content (AvgIpc) is 2.19. The number of nitrogens with two attached hydrogens (primary N) is 1. The molecule has 0 bridgehead atoms. The highest BCUT2D eigenvalue weighted by atomic mass is 16.5. The Hall–Kier alpha value is -1.07. The predicted molar refractivity (Wildman–Crippen MR) is 52.8 cm³/mol. The van der Waals surface area contributed by atoms with E-state index < -0.39 is 6.23 Å². The van der Waals surface area contributed by atoms with Gasteiger partial charge in [-0.1, -0.05) is 0 Å².